The third kappa shape index (κ3) is 3.84. The van der Waals surface area contributed by atoms with Crippen LogP contribution in [0.25, 0.3) is 0 Å². The van der Waals surface area contributed by atoms with Crippen LogP contribution < -0.4 is 5.32 Å². The molecule has 2 aromatic rings. The molecule has 0 unspecified atom stereocenters. The van der Waals surface area contributed by atoms with Crippen molar-refractivity contribution in [3.05, 3.63) is 60.1 Å². The molecular weight excluding hydrogens is 382 g/mol. The van der Waals surface area contributed by atoms with Crippen molar-refractivity contribution in [2.45, 2.75) is 51.2 Å². The Labute approximate surface area is 176 Å². The van der Waals surface area contributed by atoms with E-state index >= 15 is 0 Å². The Morgan fingerprint density at radius 1 is 1.17 bits per heavy atom. The quantitative estimate of drug-likeness (QED) is 0.742. The number of carbonyl (C=O) groups is 3. The smallest absolute Gasteiger partial charge is 0.325 e. The molecule has 4 rings (SSSR count). The minimum atomic E-state index is -0.860. The molecule has 1 aliphatic heterocycles. The lowest BCUT2D eigenvalue weighted by Crippen LogP contribution is -2.54. The molecular formula is C23H27N3O4. The number of benzene rings is 1. The number of furan rings is 1. The van der Waals surface area contributed by atoms with Gasteiger partial charge in [-0.1, -0.05) is 50.1 Å². The minimum Gasteiger partial charge on any atom is -0.467 e. The van der Waals surface area contributed by atoms with Gasteiger partial charge < -0.3 is 14.6 Å². The summed E-state index contributed by atoms with van der Waals surface area (Å²) < 4.78 is 5.41. The monoisotopic (exact) mass is 409 g/mol. The first-order valence-corrected chi connectivity index (χ1v) is 10.5. The number of nitrogens with one attached hydrogen (secondary N) is 1. The van der Waals surface area contributed by atoms with Crippen LogP contribution in [0.15, 0.2) is 53.1 Å². The zero-order chi connectivity index (χ0) is 21.1. The van der Waals surface area contributed by atoms with Crippen LogP contribution in [0.5, 0.6) is 0 Å². The molecule has 0 radical (unpaired) electrons. The van der Waals surface area contributed by atoms with E-state index in [1.54, 1.807) is 23.3 Å². The van der Waals surface area contributed by atoms with Gasteiger partial charge in [-0.25, -0.2) is 4.79 Å². The molecule has 1 N–H and O–H groups in total. The lowest BCUT2D eigenvalue weighted by Gasteiger charge is -2.36. The zero-order valence-electron chi connectivity index (χ0n) is 17.2. The van der Waals surface area contributed by atoms with Crippen molar-refractivity contribution >= 4 is 17.8 Å². The van der Waals surface area contributed by atoms with Crippen LogP contribution in [0, 0.1) is 5.92 Å². The molecule has 30 heavy (non-hydrogen) atoms. The van der Waals surface area contributed by atoms with E-state index in [-0.39, 0.29) is 30.8 Å². The Bertz CT molecular complexity index is 912. The first-order valence-electron chi connectivity index (χ1n) is 10.5. The van der Waals surface area contributed by atoms with Crippen molar-refractivity contribution in [1.82, 2.24) is 15.1 Å². The predicted molar refractivity (Wildman–Crippen MR) is 110 cm³/mol. The highest BCUT2D eigenvalue weighted by molar-refractivity contribution is 6.09. The summed E-state index contributed by atoms with van der Waals surface area (Å²) in [7, 11) is 0. The third-order valence-electron chi connectivity index (χ3n) is 6.29. The highest BCUT2D eigenvalue weighted by Gasteiger charge is 2.55. The van der Waals surface area contributed by atoms with Crippen LogP contribution in [0.3, 0.4) is 0 Å². The van der Waals surface area contributed by atoms with Crippen molar-refractivity contribution in [3.8, 4) is 0 Å². The maximum atomic E-state index is 13.2. The normalized spacial score (nSPS) is 23.6. The molecule has 2 fully saturated rings. The number of imide groups is 1. The van der Waals surface area contributed by atoms with Crippen molar-refractivity contribution in [1.29, 1.82) is 0 Å². The maximum Gasteiger partial charge on any atom is 0.325 e. The summed E-state index contributed by atoms with van der Waals surface area (Å²) in [6.07, 6.45) is 5.04. The summed E-state index contributed by atoms with van der Waals surface area (Å²) in [6, 6.07) is 12.7. The van der Waals surface area contributed by atoms with Crippen LogP contribution in [0.4, 0.5) is 4.79 Å². The van der Waals surface area contributed by atoms with Crippen LogP contribution in [-0.2, 0) is 22.7 Å². The van der Waals surface area contributed by atoms with Crippen LogP contribution >= 0.6 is 0 Å². The Morgan fingerprint density at radius 3 is 2.67 bits per heavy atom. The first-order chi connectivity index (χ1) is 14.5. The van der Waals surface area contributed by atoms with Gasteiger partial charge in [0, 0.05) is 6.54 Å². The highest BCUT2D eigenvalue weighted by Crippen LogP contribution is 2.38. The van der Waals surface area contributed by atoms with Crippen molar-refractivity contribution in [2.24, 2.45) is 5.92 Å². The number of nitrogens with zero attached hydrogens (tertiary/aromatic N) is 2. The molecule has 1 saturated carbocycles. The second-order valence-corrected chi connectivity index (χ2v) is 8.25. The molecule has 158 valence electrons. The molecule has 4 amide bonds. The molecule has 7 heteroatoms. The summed E-state index contributed by atoms with van der Waals surface area (Å²) in [5.74, 6) is 0.144. The Hall–Kier alpha value is -3.09. The van der Waals surface area contributed by atoms with Gasteiger partial charge in [0.1, 0.15) is 17.8 Å². The second kappa shape index (κ2) is 8.34. The second-order valence-electron chi connectivity index (χ2n) is 8.25. The number of rotatable bonds is 6. The molecule has 0 bridgehead atoms. The fraction of sp³-hybridized carbons (Fsp3) is 0.435. The summed E-state index contributed by atoms with van der Waals surface area (Å²) in [4.78, 5) is 41.7. The molecule has 1 saturated heterocycles. The van der Waals surface area contributed by atoms with E-state index in [9.17, 15) is 14.4 Å². The van der Waals surface area contributed by atoms with Gasteiger partial charge in [-0.05, 0) is 36.5 Å². The number of carbonyl (C=O) groups excluding carboxylic acids is 3. The Kier molecular flexibility index (Phi) is 5.61. The number of hydrogen-bond acceptors (Lipinski definition) is 4. The molecule has 1 aromatic carbocycles. The fourth-order valence-corrected chi connectivity index (χ4v) is 4.50. The molecule has 1 aromatic heterocycles. The van der Waals surface area contributed by atoms with Gasteiger partial charge in [0.15, 0.2) is 0 Å². The van der Waals surface area contributed by atoms with E-state index in [4.69, 9.17) is 4.42 Å². The van der Waals surface area contributed by atoms with E-state index in [2.05, 4.69) is 5.32 Å². The van der Waals surface area contributed by atoms with Gasteiger partial charge >= 0.3 is 6.03 Å². The SMILES string of the molecule is C[C@@H]1CCCC[C@]12NC(=O)N(CC(=O)N(Cc1ccccc1)Cc1ccco1)C2=O. The van der Waals surface area contributed by atoms with Crippen LogP contribution in [-0.4, -0.2) is 39.7 Å². The zero-order valence-corrected chi connectivity index (χ0v) is 17.2. The van der Waals surface area contributed by atoms with E-state index in [0.717, 1.165) is 29.7 Å². The van der Waals surface area contributed by atoms with Gasteiger partial charge in [0.2, 0.25) is 5.91 Å². The summed E-state index contributed by atoms with van der Waals surface area (Å²) in [5.41, 5.74) is 0.105. The maximum absolute atomic E-state index is 13.2. The summed E-state index contributed by atoms with van der Waals surface area (Å²) >= 11 is 0. The summed E-state index contributed by atoms with van der Waals surface area (Å²) in [5, 5.41) is 2.91. The standard InChI is InChI=1S/C23H27N3O4/c1-17-8-5-6-12-23(17)21(28)26(22(29)24-23)16-20(27)25(15-19-11-7-13-30-19)14-18-9-3-2-4-10-18/h2-4,7,9-11,13,17H,5-6,8,12,14-16H2,1H3,(H,24,29)/t17-,23+/m1/s1. The van der Waals surface area contributed by atoms with Gasteiger partial charge in [-0.3, -0.25) is 14.5 Å². The van der Waals surface area contributed by atoms with Gasteiger partial charge in [0.05, 0.1) is 12.8 Å². The van der Waals surface area contributed by atoms with Crippen LogP contribution in [0.1, 0.15) is 43.9 Å². The average molecular weight is 409 g/mol. The van der Waals surface area contributed by atoms with Crippen molar-refractivity contribution < 1.29 is 18.8 Å². The third-order valence-corrected chi connectivity index (χ3v) is 6.29. The topological polar surface area (TPSA) is 82.9 Å². The molecule has 7 nitrogen and oxygen atoms in total. The van der Waals surface area contributed by atoms with Crippen LogP contribution in [0.2, 0.25) is 0 Å². The largest absolute Gasteiger partial charge is 0.467 e. The molecule has 2 aliphatic rings. The fourth-order valence-electron chi connectivity index (χ4n) is 4.50. The number of hydrogen-bond donors (Lipinski definition) is 1. The first kappa shape index (κ1) is 20.2. The van der Waals surface area contributed by atoms with Crippen molar-refractivity contribution in [2.75, 3.05) is 6.54 Å². The lowest BCUT2D eigenvalue weighted by atomic mass is 9.73. The molecule has 2 heterocycles. The molecule has 1 spiro atoms. The number of amides is 4. The molecule has 2 atom stereocenters. The Morgan fingerprint density at radius 2 is 1.97 bits per heavy atom. The molecule has 1 aliphatic carbocycles. The summed E-state index contributed by atoms with van der Waals surface area (Å²) in [6.45, 7) is 2.37. The van der Waals surface area contributed by atoms with E-state index in [0.29, 0.717) is 18.7 Å². The number of urea groups is 1. The van der Waals surface area contributed by atoms with E-state index < -0.39 is 11.6 Å². The van der Waals surface area contributed by atoms with Gasteiger partial charge in [-0.2, -0.15) is 0 Å². The van der Waals surface area contributed by atoms with Crippen molar-refractivity contribution in [3.63, 3.8) is 0 Å². The average Bonchev–Trinajstić information content (AvgIpc) is 3.33. The highest BCUT2D eigenvalue weighted by atomic mass is 16.3. The van der Waals surface area contributed by atoms with Gasteiger partial charge in [0.25, 0.3) is 5.91 Å². The predicted octanol–water partition coefficient (Wildman–Crippen LogP) is 3.31. The minimum absolute atomic E-state index is 0.0614. The lowest BCUT2D eigenvalue weighted by molar-refractivity contribution is -0.141. The van der Waals surface area contributed by atoms with E-state index in [1.165, 1.54) is 0 Å². The van der Waals surface area contributed by atoms with Gasteiger partial charge in [-0.15, -0.1) is 0 Å². The van der Waals surface area contributed by atoms with E-state index in [1.807, 2.05) is 37.3 Å². The Balaban J connectivity index is 1.51.